The molecule has 0 unspecified atom stereocenters. The van der Waals surface area contributed by atoms with Crippen LogP contribution in [0.1, 0.15) is 16.2 Å². The number of rotatable bonds is 4. The van der Waals surface area contributed by atoms with Gasteiger partial charge in [-0.3, -0.25) is 4.79 Å². The minimum Gasteiger partial charge on any atom is -0.320 e. The average molecular weight is 199 g/mol. The Morgan fingerprint density at radius 2 is 2.13 bits per heavy atom. The van der Waals surface area contributed by atoms with Crippen LogP contribution >= 0.6 is 0 Å². The van der Waals surface area contributed by atoms with Gasteiger partial charge in [0.15, 0.2) is 12.1 Å². The number of carbonyl (C=O) groups is 1. The molecule has 2 aromatic rings. The summed E-state index contributed by atoms with van der Waals surface area (Å²) < 4.78 is 1.74. The summed E-state index contributed by atoms with van der Waals surface area (Å²) >= 11 is 0. The molecular formula is C12H11N2O. The summed E-state index contributed by atoms with van der Waals surface area (Å²) in [5, 5.41) is 0. The van der Waals surface area contributed by atoms with Crippen LogP contribution in [-0.4, -0.2) is 15.8 Å². The van der Waals surface area contributed by atoms with Crippen molar-refractivity contribution in [1.29, 1.82) is 0 Å². The summed E-state index contributed by atoms with van der Waals surface area (Å²) in [6, 6.07) is 10.1. The van der Waals surface area contributed by atoms with Gasteiger partial charge in [-0.15, -0.1) is 0 Å². The van der Waals surface area contributed by atoms with E-state index < -0.39 is 0 Å². The smallest absolute Gasteiger partial charge is 0.185 e. The van der Waals surface area contributed by atoms with Gasteiger partial charge in [-0.2, -0.15) is 0 Å². The molecular weight excluding hydrogens is 188 g/mol. The molecule has 0 fully saturated rings. The van der Waals surface area contributed by atoms with Gasteiger partial charge in [-0.1, -0.05) is 30.3 Å². The van der Waals surface area contributed by atoms with E-state index in [9.17, 15) is 4.79 Å². The molecule has 1 radical (unpaired) electrons. The molecule has 1 aromatic heterocycles. The van der Waals surface area contributed by atoms with Crippen LogP contribution in [0.15, 0.2) is 36.5 Å². The third-order valence-electron chi connectivity index (χ3n) is 2.26. The van der Waals surface area contributed by atoms with Crippen LogP contribution in [0.3, 0.4) is 0 Å². The van der Waals surface area contributed by atoms with E-state index in [2.05, 4.69) is 23.3 Å². The van der Waals surface area contributed by atoms with E-state index in [1.165, 1.54) is 11.8 Å². The van der Waals surface area contributed by atoms with E-state index >= 15 is 0 Å². The molecule has 0 amide bonds. The summed E-state index contributed by atoms with van der Waals surface area (Å²) in [5.41, 5.74) is 1.25. The summed E-state index contributed by atoms with van der Waals surface area (Å²) in [6.07, 6.45) is 6.06. The van der Waals surface area contributed by atoms with Crippen LogP contribution in [0.25, 0.3) is 0 Å². The quantitative estimate of drug-likeness (QED) is 0.703. The first-order chi connectivity index (χ1) is 7.40. The first-order valence-electron chi connectivity index (χ1n) is 4.82. The normalized spacial score (nSPS) is 10.1. The maximum atomic E-state index is 10.6. The van der Waals surface area contributed by atoms with Gasteiger partial charge in [0, 0.05) is 6.54 Å². The number of nitrogens with zero attached hydrogens (tertiary/aromatic N) is 2. The van der Waals surface area contributed by atoms with Gasteiger partial charge < -0.3 is 4.57 Å². The van der Waals surface area contributed by atoms with Crippen LogP contribution in [0.4, 0.5) is 0 Å². The highest BCUT2D eigenvalue weighted by Crippen LogP contribution is 2.02. The van der Waals surface area contributed by atoms with E-state index in [4.69, 9.17) is 0 Å². The van der Waals surface area contributed by atoms with E-state index in [1.807, 2.05) is 18.2 Å². The highest BCUT2D eigenvalue weighted by molar-refractivity contribution is 5.69. The van der Waals surface area contributed by atoms with E-state index in [1.54, 1.807) is 4.57 Å². The molecule has 0 spiro atoms. The summed E-state index contributed by atoms with van der Waals surface area (Å²) in [6.45, 7) is 0.734. The van der Waals surface area contributed by atoms with Crippen LogP contribution in [0, 0.1) is 6.20 Å². The van der Waals surface area contributed by atoms with Crippen molar-refractivity contribution in [2.45, 2.75) is 13.0 Å². The van der Waals surface area contributed by atoms with Gasteiger partial charge in [0.1, 0.15) is 0 Å². The summed E-state index contributed by atoms with van der Waals surface area (Å²) in [7, 11) is 0. The SMILES string of the molecule is O=Cc1nc[c]n1CCc1ccccc1. The maximum Gasteiger partial charge on any atom is 0.185 e. The lowest BCUT2D eigenvalue weighted by molar-refractivity contribution is 0.111. The van der Waals surface area contributed by atoms with Crippen molar-refractivity contribution < 1.29 is 4.79 Å². The van der Waals surface area contributed by atoms with Crippen LogP contribution in [0.5, 0.6) is 0 Å². The molecule has 0 N–H and O–H groups in total. The molecule has 1 heterocycles. The molecule has 0 bridgehead atoms. The molecule has 0 saturated heterocycles. The second kappa shape index (κ2) is 4.55. The fourth-order valence-electron chi connectivity index (χ4n) is 1.46. The monoisotopic (exact) mass is 199 g/mol. The predicted molar refractivity (Wildman–Crippen MR) is 56.6 cm³/mol. The Hall–Kier alpha value is -1.90. The Morgan fingerprint density at radius 1 is 1.33 bits per heavy atom. The van der Waals surface area contributed by atoms with Crippen molar-refractivity contribution >= 4 is 6.29 Å². The van der Waals surface area contributed by atoms with Gasteiger partial charge in [0.25, 0.3) is 0 Å². The fourth-order valence-corrected chi connectivity index (χ4v) is 1.46. The largest absolute Gasteiger partial charge is 0.320 e. The van der Waals surface area contributed by atoms with Crippen molar-refractivity contribution in [1.82, 2.24) is 9.55 Å². The lowest BCUT2D eigenvalue weighted by Crippen LogP contribution is -2.04. The number of hydrogen-bond acceptors (Lipinski definition) is 2. The number of imidazole rings is 1. The van der Waals surface area contributed by atoms with Crippen molar-refractivity contribution in [3.63, 3.8) is 0 Å². The minimum absolute atomic E-state index is 0.436. The highest BCUT2D eigenvalue weighted by Gasteiger charge is 2.00. The number of aldehydes is 1. The van der Waals surface area contributed by atoms with Crippen LogP contribution in [0.2, 0.25) is 0 Å². The maximum absolute atomic E-state index is 10.6. The number of aromatic nitrogens is 2. The van der Waals surface area contributed by atoms with Gasteiger partial charge in [0.2, 0.25) is 0 Å². The second-order valence-electron chi connectivity index (χ2n) is 3.25. The Kier molecular flexibility index (Phi) is 2.93. The molecule has 0 atom stereocenters. The van der Waals surface area contributed by atoms with E-state index in [0.717, 1.165) is 19.3 Å². The third-order valence-corrected chi connectivity index (χ3v) is 2.26. The van der Waals surface area contributed by atoms with Gasteiger partial charge in [-0.25, -0.2) is 4.98 Å². The molecule has 15 heavy (non-hydrogen) atoms. The molecule has 75 valence electrons. The molecule has 3 heteroatoms. The number of benzene rings is 1. The Labute approximate surface area is 88.4 Å². The number of hydrogen-bond donors (Lipinski definition) is 0. The van der Waals surface area contributed by atoms with Crippen molar-refractivity contribution in [3.8, 4) is 0 Å². The van der Waals surface area contributed by atoms with Crippen LogP contribution < -0.4 is 0 Å². The Balaban J connectivity index is 2.02. The van der Waals surface area contributed by atoms with Gasteiger partial charge >= 0.3 is 0 Å². The lowest BCUT2D eigenvalue weighted by atomic mass is 10.1. The highest BCUT2D eigenvalue weighted by atomic mass is 16.1. The van der Waals surface area contributed by atoms with E-state index in [0.29, 0.717) is 5.82 Å². The Morgan fingerprint density at radius 3 is 2.87 bits per heavy atom. The number of aryl methyl sites for hydroxylation is 2. The van der Waals surface area contributed by atoms with Gasteiger partial charge in [-0.05, 0) is 12.0 Å². The second-order valence-corrected chi connectivity index (χ2v) is 3.25. The first-order valence-corrected chi connectivity index (χ1v) is 4.82. The van der Waals surface area contributed by atoms with Crippen LogP contribution in [-0.2, 0) is 13.0 Å². The number of carbonyl (C=O) groups excluding carboxylic acids is 1. The zero-order valence-electron chi connectivity index (χ0n) is 8.26. The zero-order chi connectivity index (χ0) is 10.5. The van der Waals surface area contributed by atoms with E-state index in [-0.39, 0.29) is 0 Å². The van der Waals surface area contributed by atoms with Crippen molar-refractivity contribution in [2.75, 3.05) is 0 Å². The topological polar surface area (TPSA) is 34.9 Å². The van der Waals surface area contributed by atoms with Gasteiger partial charge in [0.05, 0.1) is 12.4 Å². The average Bonchev–Trinajstić information content (AvgIpc) is 2.75. The predicted octanol–water partition coefficient (Wildman–Crippen LogP) is 1.74. The standard InChI is InChI=1S/C12H11N2O/c15-10-12-13-7-9-14(12)8-6-11-4-2-1-3-5-11/h1-5,7,10H,6,8H2. The molecule has 3 nitrogen and oxygen atoms in total. The minimum atomic E-state index is 0.436. The molecule has 0 aliphatic rings. The Bertz CT molecular complexity index is 434. The molecule has 0 saturated carbocycles. The summed E-state index contributed by atoms with van der Waals surface area (Å²) in [4.78, 5) is 14.5. The van der Waals surface area contributed by atoms with Crippen molar-refractivity contribution in [2.24, 2.45) is 0 Å². The molecule has 0 aliphatic heterocycles. The molecule has 0 aliphatic carbocycles. The molecule has 1 aromatic carbocycles. The lowest BCUT2D eigenvalue weighted by Gasteiger charge is -2.03. The first kappa shape index (κ1) is 9.65. The third kappa shape index (κ3) is 2.31. The zero-order valence-corrected chi connectivity index (χ0v) is 8.26. The summed E-state index contributed by atoms with van der Waals surface area (Å²) in [5.74, 6) is 0.436. The van der Waals surface area contributed by atoms with Crippen molar-refractivity contribution in [3.05, 3.63) is 54.1 Å². The fraction of sp³-hybridized carbons (Fsp3) is 0.167. The molecule has 2 rings (SSSR count).